The predicted molar refractivity (Wildman–Crippen MR) is 92.7 cm³/mol. The molecule has 3 aromatic rings. The monoisotopic (exact) mass is 320 g/mol. The quantitative estimate of drug-likeness (QED) is 0.802. The zero-order valence-corrected chi connectivity index (χ0v) is 13.4. The highest BCUT2D eigenvalue weighted by Crippen LogP contribution is 2.25. The molecule has 1 aliphatic heterocycles. The fourth-order valence-electron chi connectivity index (χ4n) is 3.19. The van der Waals surface area contributed by atoms with Crippen LogP contribution in [-0.2, 0) is 6.54 Å². The first-order chi connectivity index (χ1) is 11.8. The zero-order valence-electron chi connectivity index (χ0n) is 13.4. The lowest BCUT2D eigenvalue weighted by molar-refractivity contribution is 0.175. The lowest BCUT2D eigenvalue weighted by Crippen LogP contribution is -2.21. The molecular formula is C19H20N4O. The molecule has 0 bridgehead atoms. The first-order valence-electron chi connectivity index (χ1n) is 8.24. The van der Waals surface area contributed by atoms with Crippen molar-refractivity contribution in [1.82, 2.24) is 19.7 Å². The van der Waals surface area contributed by atoms with E-state index in [1.54, 1.807) is 12.4 Å². The van der Waals surface area contributed by atoms with Gasteiger partial charge in [0.15, 0.2) is 0 Å². The topological polar surface area (TPSA) is 54.2 Å². The molecule has 1 aromatic carbocycles. The van der Waals surface area contributed by atoms with Crippen molar-refractivity contribution in [1.29, 1.82) is 0 Å². The summed E-state index contributed by atoms with van der Waals surface area (Å²) in [4.78, 5) is 6.38. The largest absolute Gasteiger partial charge is 0.392 e. The highest BCUT2D eigenvalue weighted by atomic mass is 16.3. The van der Waals surface area contributed by atoms with Crippen LogP contribution in [0.4, 0.5) is 0 Å². The van der Waals surface area contributed by atoms with Crippen molar-refractivity contribution < 1.29 is 5.11 Å². The molecule has 122 valence electrons. The van der Waals surface area contributed by atoms with Gasteiger partial charge in [0.2, 0.25) is 0 Å². The maximum Gasteiger partial charge on any atom is 0.0973 e. The van der Waals surface area contributed by atoms with E-state index in [1.165, 1.54) is 5.56 Å². The summed E-state index contributed by atoms with van der Waals surface area (Å²) in [6, 6.07) is 14.1. The number of rotatable bonds is 4. The number of pyridine rings is 1. The zero-order chi connectivity index (χ0) is 16.4. The van der Waals surface area contributed by atoms with Gasteiger partial charge < -0.3 is 5.11 Å². The van der Waals surface area contributed by atoms with Crippen LogP contribution >= 0.6 is 0 Å². The highest BCUT2D eigenvalue weighted by molar-refractivity contribution is 5.62. The molecule has 5 nitrogen and oxygen atoms in total. The number of aliphatic hydroxyl groups excluding tert-OH is 1. The average molecular weight is 320 g/mol. The summed E-state index contributed by atoms with van der Waals surface area (Å²) < 4.78 is 1.93. The Kier molecular flexibility index (Phi) is 4.11. The maximum absolute atomic E-state index is 9.78. The summed E-state index contributed by atoms with van der Waals surface area (Å²) in [6.07, 6.45) is 6.31. The molecule has 3 heterocycles. The summed E-state index contributed by atoms with van der Waals surface area (Å²) in [6.45, 7) is 2.45. The number of benzene rings is 1. The van der Waals surface area contributed by atoms with E-state index < -0.39 is 0 Å². The number of β-amino-alcohol motifs (C(OH)–C–C–N with tert-alkyl or cyclic N) is 1. The van der Waals surface area contributed by atoms with Gasteiger partial charge in [0.05, 0.1) is 17.5 Å². The SMILES string of the molecule is O[C@@H]1CCN(Cc2cn(-c3ccccc3)nc2-c2ccncc2)C1. The van der Waals surface area contributed by atoms with Crippen LogP contribution in [0, 0.1) is 0 Å². The molecule has 1 fully saturated rings. The molecule has 1 saturated heterocycles. The molecule has 1 N–H and O–H groups in total. The Morgan fingerprint density at radius 1 is 1.08 bits per heavy atom. The minimum absolute atomic E-state index is 0.210. The molecular weight excluding hydrogens is 300 g/mol. The van der Waals surface area contributed by atoms with Crippen molar-refractivity contribution in [2.24, 2.45) is 0 Å². The number of aromatic nitrogens is 3. The summed E-state index contributed by atoms with van der Waals surface area (Å²) in [7, 11) is 0. The van der Waals surface area contributed by atoms with E-state index in [0.717, 1.165) is 43.0 Å². The van der Waals surface area contributed by atoms with Crippen LogP contribution in [0.2, 0.25) is 0 Å². The Morgan fingerprint density at radius 3 is 2.58 bits per heavy atom. The fourth-order valence-corrected chi connectivity index (χ4v) is 3.19. The minimum atomic E-state index is -0.210. The van der Waals surface area contributed by atoms with Crippen molar-refractivity contribution in [3.8, 4) is 16.9 Å². The summed E-state index contributed by atoms with van der Waals surface area (Å²) in [5.41, 5.74) is 4.25. The Balaban J connectivity index is 1.71. The van der Waals surface area contributed by atoms with Crippen LogP contribution in [0.1, 0.15) is 12.0 Å². The van der Waals surface area contributed by atoms with Crippen molar-refractivity contribution in [3.05, 3.63) is 66.6 Å². The van der Waals surface area contributed by atoms with Gasteiger partial charge in [-0.15, -0.1) is 0 Å². The van der Waals surface area contributed by atoms with Crippen molar-refractivity contribution in [3.63, 3.8) is 0 Å². The number of nitrogens with zero attached hydrogens (tertiary/aromatic N) is 4. The van der Waals surface area contributed by atoms with Gasteiger partial charge in [-0.05, 0) is 30.7 Å². The van der Waals surface area contributed by atoms with Crippen LogP contribution < -0.4 is 0 Å². The van der Waals surface area contributed by atoms with Gasteiger partial charge in [0.25, 0.3) is 0 Å². The number of para-hydroxylation sites is 1. The maximum atomic E-state index is 9.78. The van der Waals surface area contributed by atoms with Crippen molar-refractivity contribution in [2.45, 2.75) is 19.1 Å². The predicted octanol–water partition coefficient (Wildman–Crippen LogP) is 2.50. The number of hydrogen-bond acceptors (Lipinski definition) is 4. The minimum Gasteiger partial charge on any atom is -0.392 e. The van der Waals surface area contributed by atoms with E-state index in [4.69, 9.17) is 5.10 Å². The molecule has 0 radical (unpaired) electrons. The van der Waals surface area contributed by atoms with E-state index >= 15 is 0 Å². The van der Waals surface area contributed by atoms with Gasteiger partial charge >= 0.3 is 0 Å². The van der Waals surface area contributed by atoms with Crippen LogP contribution in [0.15, 0.2) is 61.1 Å². The molecule has 0 spiro atoms. The third-order valence-corrected chi connectivity index (χ3v) is 4.41. The molecule has 0 amide bonds. The first kappa shape index (κ1) is 15.1. The van der Waals surface area contributed by atoms with Crippen LogP contribution in [-0.4, -0.2) is 44.0 Å². The number of hydrogen-bond donors (Lipinski definition) is 1. The Labute approximate surface area is 141 Å². The first-order valence-corrected chi connectivity index (χ1v) is 8.24. The fraction of sp³-hybridized carbons (Fsp3) is 0.263. The standard InChI is InChI=1S/C19H20N4O/c24-18-8-11-22(14-18)12-16-13-23(17-4-2-1-3-5-17)21-19(16)15-6-9-20-10-7-15/h1-7,9-10,13,18,24H,8,11-12,14H2/t18-/m1/s1. The summed E-state index contributed by atoms with van der Waals surface area (Å²) in [5.74, 6) is 0. The molecule has 1 aliphatic rings. The Morgan fingerprint density at radius 2 is 1.88 bits per heavy atom. The molecule has 1 atom stereocenters. The van der Waals surface area contributed by atoms with E-state index in [2.05, 4.69) is 16.1 Å². The van der Waals surface area contributed by atoms with Crippen LogP contribution in [0.5, 0.6) is 0 Å². The Hall–Kier alpha value is -2.50. The lowest BCUT2D eigenvalue weighted by Gasteiger charge is -2.14. The average Bonchev–Trinajstić information content (AvgIpc) is 3.23. The van der Waals surface area contributed by atoms with Gasteiger partial charge in [0.1, 0.15) is 0 Å². The van der Waals surface area contributed by atoms with Gasteiger partial charge in [-0.25, -0.2) is 4.68 Å². The second-order valence-electron chi connectivity index (χ2n) is 6.20. The van der Waals surface area contributed by atoms with Crippen LogP contribution in [0.3, 0.4) is 0 Å². The summed E-state index contributed by atoms with van der Waals surface area (Å²) >= 11 is 0. The van der Waals surface area contributed by atoms with E-state index in [-0.39, 0.29) is 6.10 Å². The number of aliphatic hydroxyl groups is 1. The van der Waals surface area contributed by atoms with E-state index in [1.807, 2.05) is 47.1 Å². The molecule has 2 aromatic heterocycles. The van der Waals surface area contributed by atoms with Gasteiger partial charge in [0, 0.05) is 49.4 Å². The van der Waals surface area contributed by atoms with Crippen LogP contribution in [0.25, 0.3) is 16.9 Å². The van der Waals surface area contributed by atoms with Gasteiger partial charge in [-0.1, -0.05) is 18.2 Å². The van der Waals surface area contributed by atoms with Crippen molar-refractivity contribution >= 4 is 0 Å². The van der Waals surface area contributed by atoms with E-state index in [0.29, 0.717) is 0 Å². The van der Waals surface area contributed by atoms with Gasteiger partial charge in [-0.3, -0.25) is 9.88 Å². The molecule has 4 rings (SSSR count). The second kappa shape index (κ2) is 6.55. The lowest BCUT2D eigenvalue weighted by atomic mass is 10.1. The normalized spacial score (nSPS) is 18.1. The van der Waals surface area contributed by atoms with E-state index in [9.17, 15) is 5.11 Å². The molecule has 0 unspecified atom stereocenters. The second-order valence-corrected chi connectivity index (χ2v) is 6.20. The molecule has 0 aliphatic carbocycles. The number of likely N-dealkylation sites (tertiary alicyclic amines) is 1. The third kappa shape index (κ3) is 3.09. The molecule has 0 saturated carbocycles. The Bertz CT molecular complexity index is 801. The molecule has 5 heteroatoms. The third-order valence-electron chi connectivity index (χ3n) is 4.41. The molecule has 24 heavy (non-hydrogen) atoms. The van der Waals surface area contributed by atoms with Crippen molar-refractivity contribution in [2.75, 3.05) is 13.1 Å². The smallest absolute Gasteiger partial charge is 0.0973 e. The summed E-state index contributed by atoms with van der Waals surface area (Å²) in [5, 5.41) is 14.6. The highest BCUT2D eigenvalue weighted by Gasteiger charge is 2.22. The van der Waals surface area contributed by atoms with Gasteiger partial charge in [-0.2, -0.15) is 5.10 Å².